The van der Waals surface area contributed by atoms with E-state index in [4.69, 9.17) is 21.1 Å². The quantitative estimate of drug-likeness (QED) is 0.337. The van der Waals surface area contributed by atoms with Crippen molar-refractivity contribution in [3.63, 3.8) is 0 Å². The van der Waals surface area contributed by atoms with Crippen molar-refractivity contribution in [3.8, 4) is 0 Å². The van der Waals surface area contributed by atoms with E-state index in [2.05, 4.69) is 6.58 Å². The smallest absolute Gasteiger partial charge is 0.312 e. The van der Waals surface area contributed by atoms with E-state index >= 15 is 0 Å². The maximum atomic E-state index is 14.8. The number of carbonyl (C=O) groups excluding carboxylic acids is 3. The van der Waals surface area contributed by atoms with Gasteiger partial charge < -0.3 is 24.4 Å². The lowest BCUT2D eigenvalue weighted by atomic mass is 9.62. The van der Waals surface area contributed by atoms with Crippen LogP contribution < -0.4 is 4.90 Å². The largest absolute Gasteiger partial charge is 0.466 e. The lowest BCUT2D eigenvalue weighted by molar-refractivity contribution is -0.162. The van der Waals surface area contributed by atoms with Gasteiger partial charge in [0.05, 0.1) is 41.5 Å². The topological polar surface area (TPSA) is 96.4 Å². The number of carbonyl (C=O) groups is 3. The molecular formula is C32H37ClN2O6. The van der Waals surface area contributed by atoms with Crippen LogP contribution in [-0.4, -0.2) is 70.8 Å². The van der Waals surface area contributed by atoms with Gasteiger partial charge in [-0.15, -0.1) is 6.58 Å². The Balaban J connectivity index is 1.67. The minimum atomic E-state index is -1.29. The number of hydrogen-bond acceptors (Lipinski definition) is 6. The summed E-state index contributed by atoms with van der Waals surface area (Å²) < 4.78 is 12.3. The molecule has 8 nitrogen and oxygen atoms in total. The minimum absolute atomic E-state index is 0.133. The summed E-state index contributed by atoms with van der Waals surface area (Å²) in [6.07, 6.45) is 2.32. The average Bonchev–Trinajstić information content (AvgIpc) is 3.47. The monoisotopic (exact) mass is 580 g/mol. The fraction of sp³-hybridized carbons (Fsp3) is 0.469. The van der Waals surface area contributed by atoms with Crippen LogP contribution in [0.15, 0.2) is 67.3 Å². The van der Waals surface area contributed by atoms with Gasteiger partial charge in [0, 0.05) is 6.54 Å². The molecular weight excluding hydrogens is 544 g/mol. The van der Waals surface area contributed by atoms with Crippen molar-refractivity contribution in [2.45, 2.75) is 56.9 Å². The van der Waals surface area contributed by atoms with Crippen LogP contribution in [0.2, 0.25) is 5.02 Å². The number of aliphatic hydroxyl groups is 1. The number of anilines is 1. The molecule has 41 heavy (non-hydrogen) atoms. The van der Waals surface area contributed by atoms with Crippen molar-refractivity contribution in [2.24, 2.45) is 17.8 Å². The second kappa shape index (κ2) is 11.2. The molecule has 3 unspecified atom stereocenters. The Labute approximate surface area is 245 Å². The molecule has 2 amide bonds. The molecule has 1 N–H and O–H groups in total. The SMILES string of the molecule is C=CCN(C(=O)C1N([C@@H](CO)Cc2ccccc2)C(=O)[C@@H]2[C@H](C(=O)OCC)[C@@]3(C)OC12CC3C)c1ccccc1Cl. The zero-order valence-corrected chi connectivity index (χ0v) is 24.4. The van der Waals surface area contributed by atoms with Gasteiger partial charge in [0.1, 0.15) is 17.6 Å². The molecule has 0 aromatic heterocycles. The van der Waals surface area contributed by atoms with Crippen LogP contribution in [0, 0.1) is 17.8 Å². The first kappa shape index (κ1) is 29.3. The number of hydrogen-bond donors (Lipinski definition) is 1. The van der Waals surface area contributed by atoms with E-state index in [0.717, 1.165) is 5.56 Å². The molecule has 3 fully saturated rings. The molecule has 2 aromatic rings. The number of aliphatic hydroxyl groups excluding tert-OH is 1. The van der Waals surface area contributed by atoms with Crippen LogP contribution >= 0.6 is 11.6 Å². The summed E-state index contributed by atoms with van der Waals surface area (Å²) in [5, 5.41) is 11.0. The summed E-state index contributed by atoms with van der Waals surface area (Å²) in [6.45, 7) is 9.31. The van der Waals surface area contributed by atoms with Crippen LogP contribution in [0.4, 0.5) is 5.69 Å². The number of nitrogens with zero attached hydrogens (tertiary/aromatic N) is 2. The van der Waals surface area contributed by atoms with E-state index in [1.54, 1.807) is 37.3 Å². The van der Waals surface area contributed by atoms with Crippen molar-refractivity contribution < 1.29 is 29.0 Å². The standard InChI is InChI=1S/C32H37ClN2O6/c1-5-16-34(24-15-11-10-14-23(24)33)29(38)27-32-18-20(3)31(4,41-32)26(30(39)40-6-2)25(32)28(37)35(27)22(19-36)17-21-12-8-7-9-13-21/h5,7-15,20,22,25-27,36H,1,6,16-19H2,2-4H3/t20?,22-,25+,26-,27?,31+,32?/m1/s1. The molecule has 0 saturated carbocycles. The summed E-state index contributed by atoms with van der Waals surface area (Å²) in [7, 11) is 0. The van der Waals surface area contributed by atoms with Crippen LogP contribution in [0.25, 0.3) is 0 Å². The molecule has 0 radical (unpaired) electrons. The molecule has 3 saturated heterocycles. The number of ether oxygens (including phenoxy) is 2. The van der Waals surface area contributed by atoms with Gasteiger partial charge in [0.25, 0.3) is 5.91 Å². The predicted octanol–water partition coefficient (Wildman–Crippen LogP) is 4.04. The van der Waals surface area contributed by atoms with Crippen molar-refractivity contribution in [2.75, 3.05) is 24.7 Å². The van der Waals surface area contributed by atoms with Gasteiger partial charge >= 0.3 is 5.97 Å². The summed E-state index contributed by atoms with van der Waals surface area (Å²) >= 11 is 6.56. The van der Waals surface area contributed by atoms with E-state index in [9.17, 15) is 19.5 Å². The van der Waals surface area contributed by atoms with Crippen LogP contribution in [0.5, 0.6) is 0 Å². The number of esters is 1. The van der Waals surface area contributed by atoms with Crippen molar-refractivity contribution in [1.29, 1.82) is 0 Å². The third-order valence-electron chi connectivity index (χ3n) is 9.17. The summed E-state index contributed by atoms with van der Waals surface area (Å²) in [5.41, 5.74) is -0.894. The molecule has 2 aromatic carbocycles. The van der Waals surface area contributed by atoms with Crippen LogP contribution in [0.1, 0.15) is 32.8 Å². The lowest BCUT2D eigenvalue weighted by Gasteiger charge is -2.39. The van der Waals surface area contributed by atoms with Gasteiger partial charge in [-0.3, -0.25) is 14.4 Å². The summed E-state index contributed by atoms with van der Waals surface area (Å²) in [5.74, 6) is -3.24. The Morgan fingerprint density at radius 2 is 1.93 bits per heavy atom. The van der Waals surface area contributed by atoms with E-state index in [-0.39, 0.29) is 31.6 Å². The highest BCUT2D eigenvalue weighted by atomic mass is 35.5. The first-order chi connectivity index (χ1) is 19.6. The molecule has 3 aliphatic rings. The Morgan fingerprint density at radius 1 is 1.24 bits per heavy atom. The van der Waals surface area contributed by atoms with Gasteiger partial charge in [-0.2, -0.15) is 0 Å². The van der Waals surface area contributed by atoms with E-state index in [1.807, 2.05) is 44.2 Å². The Bertz CT molecular complexity index is 1340. The number of benzene rings is 2. The summed E-state index contributed by atoms with van der Waals surface area (Å²) in [4.78, 5) is 45.8. The third-order valence-corrected chi connectivity index (χ3v) is 9.49. The van der Waals surface area contributed by atoms with Gasteiger partial charge in [-0.05, 0) is 50.3 Å². The maximum absolute atomic E-state index is 14.8. The van der Waals surface area contributed by atoms with E-state index < -0.39 is 47.0 Å². The van der Waals surface area contributed by atoms with Gasteiger partial charge in [-0.25, -0.2) is 0 Å². The van der Waals surface area contributed by atoms with E-state index in [0.29, 0.717) is 23.6 Å². The zero-order valence-electron chi connectivity index (χ0n) is 23.7. The Kier molecular flexibility index (Phi) is 8.03. The number of amides is 2. The first-order valence-electron chi connectivity index (χ1n) is 14.1. The van der Waals surface area contributed by atoms with E-state index in [1.165, 1.54) is 9.80 Å². The molecule has 3 heterocycles. The fourth-order valence-electron chi connectivity index (χ4n) is 7.33. The van der Waals surface area contributed by atoms with Crippen molar-refractivity contribution in [1.82, 2.24) is 4.90 Å². The minimum Gasteiger partial charge on any atom is -0.466 e. The number of halogens is 1. The zero-order chi connectivity index (χ0) is 29.5. The Hall–Kier alpha value is -3.20. The fourth-order valence-corrected chi connectivity index (χ4v) is 7.57. The molecule has 3 aliphatic heterocycles. The molecule has 5 rings (SSSR count). The van der Waals surface area contributed by atoms with Gasteiger partial charge in [-0.1, -0.05) is 67.1 Å². The second-order valence-electron chi connectivity index (χ2n) is 11.4. The van der Waals surface area contributed by atoms with Gasteiger partial charge in [0.2, 0.25) is 5.91 Å². The highest BCUT2D eigenvalue weighted by Gasteiger charge is 2.80. The van der Waals surface area contributed by atoms with Gasteiger partial charge in [0.15, 0.2) is 0 Å². The highest BCUT2D eigenvalue weighted by Crippen LogP contribution is 2.65. The molecule has 9 heteroatoms. The number of fused-ring (bicyclic) bond motifs is 1. The Morgan fingerprint density at radius 3 is 2.56 bits per heavy atom. The molecule has 1 spiro atoms. The molecule has 7 atom stereocenters. The van der Waals surface area contributed by atoms with Crippen LogP contribution in [0.3, 0.4) is 0 Å². The average molecular weight is 581 g/mol. The molecule has 2 bridgehead atoms. The first-order valence-corrected chi connectivity index (χ1v) is 14.5. The molecule has 218 valence electrons. The third kappa shape index (κ3) is 4.57. The normalized spacial score (nSPS) is 30.7. The number of rotatable bonds is 10. The number of para-hydroxylation sites is 1. The lowest BCUT2D eigenvalue weighted by Crippen LogP contribution is -2.59. The maximum Gasteiger partial charge on any atom is 0.312 e. The second-order valence-corrected chi connectivity index (χ2v) is 11.8. The highest BCUT2D eigenvalue weighted by molar-refractivity contribution is 6.34. The summed E-state index contributed by atoms with van der Waals surface area (Å²) in [6, 6.07) is 14.7. The molecule has 0 aliphatic carbocycles. The number of likely N-dealkylation sites (tertiary alicyclic amines) is 1. The van der Waals surface area contributed by atoms with Crippen molar-refractivity contribution in [3.05, 3.63) is 77.8 Å². The van der Waals surface area contributed by atoms with Crippen molar-refractivity contribution >= 4 is 35.1 Å². The van der Waals surface area contributed by atoms with Crippen LogP contribution in [-0.2, 0) is 30.3 Å². The predicted molar refractivity (Wildman–Crippen MR) is 155 cm³/mol.